The zero-order valence-electron chi connectivity index (χ0n) is 23.4. The summed E-state index contributed by atoms with van der Waals surface area (Å²) in [6.07, 6.45) is 11.5. The van der Waals surface area contributed by atoms with E-state index in [4.69, 9.17) is 14.2 Å². The summed E-state index contributed by atoms with van der Waals surface area (Å²) in [5.74, 6) is 2.76. The Morgan fingerprint density at radius 1 is 1.05 bits per heavy atom. The van der Waals surface area contributed by atoms with E-state index in [0.29, 0.717) is 43.9 Å². The van der Waals surface area contributed by atoms with Gasteiger partial charge in [-0.2, -0.15) is 0 Å². The van der Waals surface area contributed by atoms with E-state index in [2.05, 4.69) is 5.32 Å². The molecule has 0 unspecified atom stereocenters. The van der Waals surface area contributed by atoms with Crippen molar-refractivity contribution in [1.82, 2.24) is 10.2 Å². The lowest BCUT2D eigenvalue weighted by Crippen LogP contribution is -2.53. The van der Waals surface area contributed by atoms with Gasteiger partial charge in [0.2, 0.25) is 18.6 Å². The van der Waals surface area contributed by atoms with Gasteiger partial charge in [-0.3, -0.25) is 14.4 Å². The van der Waals surface area contributed by atoms with Gasteiger partial charge in [0.15, 0.2) is 11.5 Å². The highest BCUT2D eigenvalue weighted by Gasteiger charge is 2.56. The fourth-order valence-electron chi connectivity index (χ4n) is 9.39. The summed E-state index contributed by atoms with van der Waals surface area (Å²) in [4.78, 5) is 42.5. The molecule has 7 aliphatic rings. The van der Waals surface area contributed by atoms with Crippen molar-refractivity contribution in [2.75, 3.05) is 19.9 Å². The first-order valence-electron chi connectivity index (χ1n) is 15.2. The van der Waals surface area contributed by atoms with E-state index in [9.17, 15) is 14.4 Å². The van der Waals surface area contributed by atoms with Gasteiger partial charge in [0, 0.05) is 24.6 Å². The number of carbonyl (C=O) groups is 3. The lowest BCUT2D eigenvalue weighted by atomic mass is 9.49. The highest BCUT2D eigenvalue weighted by molar-refractivity contribution is 5.92. The van der Waals surface area contributed by atoms with Crippen molar-refractivity contribution in [2.45, 2.75) is 77.7 Å². The van der Waals surface area contributed by atoms with Crippen LogP contribution in [0.5, 0.6) is 11.5 Å². The second kappa shape index (κ2) is 9.81. The van der Waals surface area contributed by atoms with Crippen molar-refractivity contribution in [1.29, 1.82) is 0 Å². The van der Waals surface area contributed by atoms with Crippen molar-refractivity contribution in [2.24, 2.45) is 34.5 Å². The van der Waals surface area contributed by atoms with Gasteiger partial charge in [-0.15, -0.1) is 0 Å². The Kier molecular flexibility index (Phi) is 6.35. The Labute approximate surface area is 235 Å². The molecule has 40 heavy (non-hydrogen) atoms. The fraction of sp³-hybridized carbons (Fsp3) is 0.656. The highest BCUT2D eigenvalue weighted by atomic mass is 16.7. The predicted octanol–water partition coefficient (Wildman–Crippen LogP) is 4.71. The third kappa shape index (κ3) is 4.38. The maximum atomic E-state index is 14.0. The molecule has 4 bridgehead atoms. The van der Waals surface area contributed by atoms with E-state index >= 15 is 0 Å². The van der Waals surface area contributed by atoms with Gasteiger partial charge >= 0.3 is 5.97 Å². The molecule has 4 saturated carbocycles. The van der Waals surface area contributed by atoms with Crippen LogP contribution in [0.3, 0.4) is 0 Å². The van der Waals surface area contributed by atoms with Crippen LogP contribution in [0.2, 0.25) is 0 Å². The van der Waals surface area contributed by atoms with E-state index in [0.717, 1.165) is 29.0 Å². The van der Waals surface area contributed by atoms with Gasteiger partial charge in [-0.25, -0.2) is 0 Å². The molecule has 2 aliphatic heterocycles. The standard InChI is InChI=1S/C32H40N2O6/c1-2-38-30(37)32-7-3-4-27(32)34(17-20-5-6-25-26(11-20)40-19-39-25)29(36)24(16-32)12-28(35)33-18-31-13-21-8-22(14-31)10-23(9-21)15-31/h4-6,11,21-24H,2-3,7-10,12-19H2,1H3,(H,33,35)/t21?,22?,23?,24-,31?,32+/m1/s1. The molecule has 2 atom stereocenters. The van der Waals surface area contributed by atoms with E-state index in [1.165, 1.54) is 38.5 Å². The number of likely N-dealkylation sites (tertiary alicyclic amines) is 1. The smallest absolute Gasteiger partial charge is 0.318 e. The fourth-order valence-corrected chi connectivity index (χ4v) is 9.39. The van der Waals surface area contributed by atoms with Gasteiger partial charge in [-0.1, -0.05) is 12.1 Å². The zero-order chi connectivity index (χ0) is 27.5. The van der Waals surface area contributed by atoms with Crippen LogP contribution in [0.1, 0.15) is 76.7 Å². The number of piperidine rings is 1. The zero-order valence-corrected chi connectivity index (χ0v) is 23.4. The van der Waals surface area contributed by atoms with Crippen molar-refractivity contribution in [3.8, 4) is 11.5 Å². The normalized spacial score (nSPS) is 35.0. The third-order valence-corrected chi connectivity index (χ3v) is 10.6. The van der Waals surface area contributed by atoms with Crippen LogP contribution in [0.15, 0.2) is 30.0 Å². The van der Waals surface area contributed by atoms with E-state index in [1.807, 2.05) is 24.3 Å². The Morgan fingerprint density at radius 2 is 1.77 bits per heavy atom. The lowest BCUT2D eigenvalue weighted by Gasteiger charge is -2.57. The Bertz CT molecular complexity index is 1220. The van der Waals surface area contributed by atoms with Gasteiger partial charge in [0.1, 0.15) is 5.41 Å². The number of nitrogens with zero attached hydrogens (tertiary/aromatic N) is 1. The summed E-state index contributed by atoms with van der Waals surface area (Å²) in [7, 11) is 0. The number of nitrogens with one attached hydrogen (secondary N) is 1. The SMILES string of the molecule is CCOC(=O)[C@]12CCC=C1N(Cc1ccc3c(c1)OCO3)C(=O)[C@H](CC(=O)NCC13CC4CC(CC(C4)C1)C3)C2. The van der Waals surface area contributed by atoms with Crippen LogP contribution in [0, 0.1) is 34.5 Å². The van der Waals surface area contributed by atoms with Gasteiger partial charge < -0.3 is 24.4 Å². The topological polar surface area (TPSA) is 94.2 Å². The monoisotopic (exact) mass is 548 g/mol. The van der Waals surface area contributed by atoms with E-state index < -0.39 is 11.3 Å². The lowest BCUT2D eigenvalue weighted by molar-refractivity contribution is -0.161. The second-order valence-electron chi connectivity index (χ2n) is 13.3. The molecular weight excluding hydrogens is 508 g/mol. The number of benzene rings is 1. The molecule has 1 N–H and O–H groups in total. The second-order valence-corrected chi connectivity index (χ2v) is 13.3. The summed E-state index contributed by atoms with van der Waals surface area (Å²) in [6.45, 7) is 3.28. The summed E-state index contributed by atoms with van der Waals surface area (Å²) in [5, 5.41) is 3.26. The molecule has 2 heterocycles. The maximum Gasteiger partial charge on any atom is 0.318 e. The average Bonchev–Trinajstić information content (AvgIpc) is 3.57. The Morgan fingerprint density at radius 3 is 2.50 bits per heavy atom. The maximum absolute atomic E-state index is 14.0. The van der Waals surface area contributed by atoms with Crippen molar-refractivity contribution < 1.29 is 28.6 Å². The van der Waals surface area contributed by atoms with Crippen LogP contribution in [0.25, 0.3) is 0 Å². The number of fused-ring (bicyclic) bond motifs is 2. The summed E-state index contributed by atoms with van der Waals surface area (Å²) in [5.41, 5.74) is 0.944. The van der Waals surface area contributed by atoms with E-state index in [-0.39, 0.29) is 43.0 Å². The number of rotatable bonds is 8. The molecule has 8 rings (SSSR count). The molecule has 5 aliphatic carbocycles. The van der Waals surface area contributed by atoms with Gasteiger partial charge in [-0.05, 0) is 106 Å². The average molecular weight is 549 g/mol. The third-order valence-electron chi connectivity index (χ3n) is 10.6. The van der Waals surface area contributed by atoms with Gasteiger partial charge in [0.05, 0.1) is 13.2 Å². The predicted molar refractivity (Wildman–Crippen MR) is 146 cm³/mol. The largest absolute Gasteiger partial charge is 0.465 e. The molecule has 1 saturated heterocycles. The minimum atomic E-state index is -0.898. The highest BCUT2D eigenvalue weighted by Crippen LogP contribution is 2.60. The molecule has 2 amide bonds. The number of allylic oxidation sites excluding steroid dienone is 1. The first-order chi connectivity index (χ1) is 19.4. The number of hydrogen-bond acceptors (Lipinski definition) is 6. The van der Waals surface area contributed by atoms with Crippen molar-refractivity contribution in [3.63, 3.8) is 0 Å². The molecule has 0 radical (unpaired) electrons. The minimum Gasteiger partial charge on any atom is -0.465 e. The Hall–Kier alpha value is -3.03. The van der Waals surface area contributed by atoms with Gasteiger partial charge in [0.25, 0.3) is 0 Å². The van der Waals surface area contributed by atoms with E-state index in [1.54, 1.807) is 11.8 Å². The number of carbonyl (C=O) groups excluding carboxylic acids is 3. The number of hydrogen-bond donors (Lipinski definition) is 1. The Balaban J connectivity index is 1.10. The van der Waals surface area contributed by atoms with Crippen LogP contribution in [-0.2, 0) is 25.7 Å². The molecule has 1 aromatic rings. The van der Waals surface area contributed by atoms with Crippen molar-refractivity contribution in [3.05, 3.63) is 35.5 Å². The van der Waals surface area contributed by atoms with Crippen LogP contribution in [0.4, 0.5) is 0 Å². The molecular formula is C32H40N2O6. The van der Waals surface area contributed by atoms with Crippen molar-refractivity contribution >= 4 is 17.8 Å². The molecule has 5 fully saturated rings. The number of amides is 2. The molecule has 214 valence electrons. The van der Waals surface area contributed by atoms with Crippen LogP contribution < -0.4 is 14.8 Å². The number of ether oxygens (including phenoxy) is 3. The molecule has 0 aromatic heterocycles. The minimum absolute atomic E-state index is 0.0819. The first kappa shape index (κ1) is 25.9. The quantitative estimate of drug-likeness (QED) is 0.473. The van der Waals surface area contributed by atoms with Crippen LogP contribution >= 0.6 is 0 Å². The summed E-state index contributed by atoms with van der Waals surface area (Å²) >= 11 is 0. The molecule has 0 spiro atoms. The number of esters is 1. The molecule has 8 nitrogen and oxygen atoms in total. The molecule has 8 heteroatoms. The summed E-state index contributed by atoms with van der Waals surface area (Å²) < 4.78 is 16.6. The summed E-state index contributed by atoms with van der Waals surface area (Å²) in [6, 6.07) is 5.66. The van der Waals surface area contributed by atoms with Crippen LogP contribution in [-0.4, -0.2) is 42.6 Å². The molecule has 1 aromatic carbocycles. The first-order valence-corrected chi connectivity index (χ1v) is 15.2.